The molecule has 2 aromatic heterocycles. The number of aliphatic hydroxyl groups is 1. The maximum Gasteiger partial charge on any atom is 0.219 e. The number of aromatic nitrogens is 3. The fourth-order valence-electron chi connectivity index (χ4n) is 2.61. The first kappa shape index (κ1) is 14.2. The lowest BCUT2D eigenvalue weighted by molar-refractivity contribution is -0.184. The SMILES string of the molecule is Cc1ccc(Oc2ccc3ncn(CC4(O)COC4)c3c2)nc1. The maximum absolute atomic E-state index is 10.3. The molecule has 0 unspecified atom stereocenters. The Hall–Kier alpha value is -2.44. The first-order valence-electron chi connectivity index (χ1n) is 7.47. The Morgan fingerprint density at radius 3 is 2.83 bits per heavy atom. The Bertz CT molecular complexity index is 838. The Morgan fingerprint density at radius 2 is 2.13 bits per heavy atom. The van der Waals surface area contributed by atoms with E-state index >= 15 is 0 Å². The molecule has 1 fully saturated rings. The van der Waals surface area contributed by atoms with Gasteiger partial charge in [-0.05, 0) is 24.6 Å². The summed E-state index contributed by atoms with van der Waals surface area (Å²) >= 11 is 0. The number of benzene rings is 1. The number of ether oxygens (including phenoxy) is 2. The van der Waals surface area contributed by atoms with E-state index in [2.05, 4.69) is 9.97 Å². The van der Waals surface area contributed by atoms with Crippen molar-refractivity contribution in [3.8, 4) is 11.6 Å². The topological polar surface area (TPSA) is 69.4 Å². The molecular formula is C17H17N3O3. The minimum Gasteiger partial charge on any atom is -0.439 e. The lowest BCUT2D eigenvalue weighted by atomic mass is 10.0. The summed E-state index contributed by atoms with van der Waals surface area (Å²) in [6.07, 6.45) is 3.50. The van der Waals surface area contributed by atoms with Gasteiger partial charge >= 0.3 is 0 Å². The zero-order chi connectivity index (χ0) is 15.9. The van der Waals surface area contributed by atoms with Crippen molar-refractivity contribution < 1.29 is 14.6 Å². The molecule has 3 aromatic rings. The van der Waals surface area contributed by atoms with Crippen LogP contribution in [0.2, 0.25) is 0 Å². The van der Waals surface area contributed by atoms with Crippen molar-refractivity contribution in [3.05, 3.63) is 48.4 Å². The van der Waals surface area contributed by atoms with Gasteiger partial charge in [-0.3, -0.25) is 0 Å². The molecule has 0 spiro atoms. The number of rotatable bonds is 4. The summed E-state index contributed by atoms with van der Waals surface area (Å²) < 4.78 is 12.8. The quantitative estimate of drug-likeness (QED) is 0.800. The van der Waals surface area contributed by atoms with Crippen LogP contribution < -0.4 is 4.74 Å². The molecule has 6 nitrogen and oxygen atoms in total. The minimum absolute atomic E-state index is 0.357. The van der Waals surface area contributed by atoms with Gasteiger partial charge < -0.3 is 19.1 Å². The summed E-state index contributed by atoms with van der Waals surface area (Å²) in [6, 6.07) is 9.47. The second kappa shape index (κ2) is 5.33. The number of hydrogen-bond donors (Lipinski definition) is 1. The Balaban J connectivity index is 1.62. The molecule has 1 saturated heterocycles. The number of hydrogen-bond acceptors (Lipinski definition) is 5. The van der Waals surface area contributed by atoms with Gasteiger partial charge in [0.05, 0.1) is 37.1 Å². The van der Waals surface area contributed by atoms with E-state index in [0.717, 1.165) is 16.6 Å². The van der Waals surface area contributed by atoms with Gasteiger partial charge in [-0.25, -0.2) is 9.97 Å². The summed E-state index contributed by atoms with van der Waals surface area (Å²) in [6.45, 7) is 3.15. The third-order valence-corrected chi connectivity index (χ3v) is 3.91. The normalized spacial score (nSPS) is 16.3. The number of nitrogens with zero attached hydrogens (tertiary/aromatic N) is 3. The third kappa shape index (κ3) is 2.78. The fraction of sp³-hybridized carbons (Fsp3) is 0.294. The van der Waals surface area contributed by atoms with Crippen molar-refractivity contribution in [2.75, 3.05) is 13.2 Å². The largest absolute Gasteiger partial charge is 0.439 e. The van der Waals surface area contributed by atoms with E-state index in [-0.39, 0.29) is 0 Å². The van der Waals surface area contributed by atoms with Gasteiger partial charge in [0.15, 0.2) is 0 Å². The van der Waals surface area contributed by atoms with Crippen LogP contribution in [0.25, 0.3) is 11.0 Å². The van der Waals surface area contributed by atoms with Gasteiger partial charge in [0, 0.05) is 18.3 Å². The summed E-state index contributed by atoms with van der Waals surface area (Å²) in [5, 5.41) is 10.3. The molecule has 118 valence electrons. The van der Waals surface area contributed by atoms with E-state index in [1.54, 1.807) is 12.5 Å². The molecule has 23 heavy (non-hydrogen) atoms. The van der Waals surface area contributed by atoms with Gasteiger partial charge in [-0.2, -0.15) is 0 Å². The summed E-state index contributed by atoms with van der Waals surface area (Å²) in [4.78, 5) is 8.61. The van der Waals surface area contributed by atoms with Crippen molar-refractivity contribution in [2.45, 2.75) is 19.1 Å². The van der Waals surface area contributed by atoms with Crippen LogP contribution in [0.4, 0.5) is 0 Å². The zero-order valence-corrected chi connectivity index (χ0v) is 12.8. The van der Waals surface area contributed by atoms with E-state index in [0.29, 0.717) is 31.4 Å². The second-order valence-corrected chi connectivity index (χ2v) is 6.02. The number of fused-ring (bicyclic) bond motifs is 1. The molecule has 1 aromatic carbocycles. The molecular weight excluding hydrogens is 294 g/mol. The van der Waals surface area contributed by atoms with Crippen LogP contribution in [0.3, 0.4) is 0 Å². The molecule has 0 atom stereocenters. The van der Waals surface area contributed by atoms with Crippen LogP contribution in [0, 0.1) is 6.92 Å². The van der Waals surface area contributed by atoms with E-state index < -0.39 is 5.60 Å². The average Bonchev–Trinajstić information content (AvgIpc) is 2.90. The highest BCUT2D eigenvalue weighted by Gasteiger charge is 2.36. The van der Waals surface area contributed by atoms with Crippen LogP contribution in [-0.4, -0.2) is 38.5 Å². The van der Waals surface area contributed by atoms with Gasteiger partial charge in [-0.15, -0.1) is 0 Å². The molecule has 0 radical (unpaired) electrons. The van der Waals surface area contributed by atoms with Crippen LogP contribution in [-0.2, 0) is 11.3 Å². The van der Waals surface area contributed by atoms with Crippen LogP contribution in [0.1, 0.15) is 5.56 Å². The lowest BCUT2D eigenvalue weighted by Gasteiger charge is -2.36. The van der Waals surface area contributed by atoms with Crippen molar-refractivity contribution in [1.29, 1.82) is 0 Å². The summed E-state index contributed by atoms with van der Waals surface area (Å²) in [5.41, 5.74) is 2.05. The maximum atomic E-state index is 10.3. The van der Waals surface area contributed by atoms with Crippen molar-refractivity contribution >= 4 is 11.0 Å². The number of aryl methyl sites for hydroxylation is 1. The molecule has 0 aliphatic carbocycles. The Kier molecular flexibility index (Phi) is 3.28. The molecule has 1 aliphatic heterocycles. The molecule has 0 saturated carbocycles. The van der Waals surface area contributed by atoms with E-state index in [1.807, 2.05) is 41.8 Å². The summed E-state index contributed by atoms with van der Waals surface area (Å²) in [7, 11) is 0. The van der Waals surface area contributed by atoms with Gasteiger partial charge in [0.25, 0.3) is 0 Å². The molecule has 0 bridgehead atoms. The molecule has 4 rings (SSSR count). The van der Waals surface area contributed by atoms with Crippen LogP contribution in [0.15, 0.2) is 42.9 Å². The van der Waals surface area contributed by atoms with E-state index in [1.165, 1.54) is 0 Å². The average molecular weight is 311 g/mol. The first-order valence-corrected chi connectivity index (χ1v) is 7.47. The fourth-order valence-corrected chi connectivity index (χ4v) is 2.61. The Labute approximate surface area is 133 Å². The standard InChI is InChI=1S/C17H17N3O3/c1-12-2-5-16(18-7-12)23-13-3-4-14-15(6-13)20(11-19-14)8-17(21)9-22-10-17/h2-7,11,21H,8-10H2,1H3. The predicted octanol–water partition coefficient (Wildman–Crippen LogP) is 2.29. The third-order valence-electron chi connectivity index (χ3n) is 3.91. The molecule has 1 aliphatic rings. The monoisotopic (exact) mass is 311 g/mol. The van der Waals surface area contributed by atoms with Crippen LogP contribution in [0.5, 0.6) is 11.6 Å². The van der Waals surface area contributed by atoms with E-state index in [4.69, 9.17) is 9.47 Å². The van der Waals surface area contributed by atoms with Gasteiger partial charge in [0.1, 0.15) is 11.4 Å². The highest BCUT2D eigenvalue weighted by atomic mass is 16.5. The highest BCUT2D eigenvalue weighted by Crippen LogP contribution is 2.26. The van der Waals surface area contributed by atoms with E-state index in [9.17, 15) is 5.11 Å². The smallest absolute Gasteiger partial charge is 0.219 e. The highest BCUT2D eigenvalue weighted by molar-refractivity contribution is 5.77. The van der Waals surface area contributed by atoms with Gasteiger partial charge in [-0.1, -0.05) is 6.07 Å². The lowest BCUT2D eigenvalue weighted by Crippen LogP contribution is -2.52. The minimum atomic E-state index is -0.803. The molecule has 6 heteroatoms. The predicted molar refractivity (Wildman–Crippen MR) is 84.5 cm³/mol. The molecule has 0 amide bonds. The zero-order valence-electron chi connectivity index (χ0n) is 12.8. The molecule has 3 heterocycles. The van der Waals surface area contributed by atoms with Crippen LogP contribution >= 0.6 is 0 Å². The first-order chi connectivity index (χ1) is 11.1. The van der Waals surface area contributed by atoms with Crippen molar-refractivity contribution in [3.63, 3.8) is 0 Å². The second-order valence-electron chi connectivity index (χ2n) is 6.02. The van der Waals surface area contributed by atoms with Crippen molar-refractivity contribution in [1.82, 2.24) is 14.5 Å². The molecule has 1 N–H and O–H groups in total. The number of pyridine rings is 1. The summed E-state index contributed by atoms with van der Waals surface area (Å²) in [5.74, 6) is 1.24. The van der Waals surface area contributed by atoms with Gasteiger partial charge in [0.2, 0.25) is 5.88 Å². The Morgan fingerprint density at radius 1 is 1.26 bits per heavy atom. The van der Waals surface area contributed by atoms with Crippen molar-refractivity contribution in [2.24, 2.45) is 0 Å². The number of imidazole rings is 1.